The van der Waals surface area contributed by atoms with Crippen molar-refractivity contribution in [1.29, 1.82) is 0 Å². The van der Waals surface area contributed by atoms with Crippen LogP contribution < -0.4 is 4.74 Å². The van der Waals surface area contributed by atoms with Crippen LogP contribution in [0.2, 0.25) is 0 Å². The lowest BCUT2D eigenvalue weighted by molar-refractivity contribution is -0.165. The van der Waals surface area contributed by atoms with Crippen molar-refractivity contribution in [1.82, 2.24) is 4.90 Å². The lowest BCUT2D eigenvalue weighted by Gasteiger charge is -2.55. The van der Waals surface area contributed by atoms with Crippen molar-refractivity contribution in [2.75, 3.05) is 19.6 Å². The smallest absolute Gasteiger partial charge is 0.317 e. The van der Waals surface area contributed by atoms with E-state index < -0.39 is 0 Å². The third kappa shape index (κ3) is 2.48. The highest BCUT2D eigenvalue weighted by Gasteiger charge is 2.56. The van der Waals surface area contributed by atoms with Gasteiger partial charge < -0.3 is 9.64 Å². The third-order valence-corrected chi connectivity index (χ3v) is 6.95. The lowest BCUT2D eigenvalue weighted by Crippen LogP contribution is -2.58. The number of carbonyl (C=O) groups excluding carboxylic acids is 1. The zero-order valence-corrected chi connectivity index (χ0v) is 14.6. The van der Waals surface area contributed by atoms with Crippen molar-refractivity contribution in [2.45, 2.75) is 32.1 Å². The number of fused-ring (bicyclic) bond motifs is 4. The van der Waals surface area contributed by atoms with E-state index in [1.54, 1.807) is 0 Å². The zero-order chi connectivity index (χ0) is 16.9. The van der Waals surface area contributed by atoms with Gasteiger partial charge in [0.15, 0.2) is 0 Å². The van der Waals surface area contributed by atoms with Gasteiger partial charge >= 0.3 is 5.97 Å². The van der Waals surface area contributed by atoms with Crippen LogP contribution in [0.4, 0.5) is 0 Å². The molecule has 1 atom stereocenters. The van der Waals surface area contributed by atoms with E-state index in [0.717, 1.165) is 37.1 Å². The lowest BCUT2D eigenvalue weighted by atomic mass is 9.55. The third-order valence-electron chi connectivity index (χ3n) is 6.95. The Balaban J connectivity index is 1.40. The minimum Gasteiger partial charge on any atom is -0.426 e. The Hall–Kier alpha value is -1.87. The molecule has 3 heteroatoms. The molecule has 1 saturated carbocycles. The molecule has 0 amide bonds. The van der Waals surface area contributed by atoms with Gasteiger partial charge in [0, 0.05) is 6.54 Å². The Morgan fingerprint density at radius 3 is 2.44 bits per heavy atom. The van der Waals surface area contributed by atoms with Crippen molar-refractivity contribution < 1.29 is 9.53 Å². The molecule has 0 aromatic heterocycles. The van der Waals surface area contributed by atoms with Gasteiger partial charge in [-0.05, 0) is 73.5 Å². The molecule has 2 aromatic carbocycles. The average Bonchev–Trinajstić information content (AvgIpc) is 2.62. The first-order valence-electron chi connectivity index (χ1n) is 9.68. The van der Waals surface area contributed by atoms with Gasteiger partial charge in [0.1, 0.15) is 5.75 Å². The topological polar surface area (TPSA) is 29.5 Å². The number of rotatable bonds is 3. The van der Waals surface area contributed by atoms with Gasteiger partial charge in [-0.1, -0.05) is 36.8 Å². The van der Waals surface area contributed by atoms with Crippen LogP contribution in [0.25, 0.3) is 10.8 Å². The number of nitrogens with zero attached hydrogens (tertiary/aromatic N) is 1. The number of hydrogen-bond donors (Lipinski definition) is 0. The van der Waals surface area contributed by atoms with Crippen molar-refractivity contribution in [3.63, 3.8) is 0 Å². The molecule has 0 N–H and O–H groups in total. The second-order valence-electron chi connectivity index (χ2n) is 8.15. The van der Waals surface area contributed by atoms with Crippen LogP contribution in [-0.4, -0.2) is 30.5 Å². The summed E-state index contributed by atoms with van der Waals surface area (Å²) in [5.74, 6) is 1.93. The number of benzene rings is 2. The minimum absolute atomic E-state index is 0.0211. The van der Waals surface area contributed by atoms with Crippen molar-refractivity contribution >= 4 is 16.7 Å². The van der Waals surface area contributed by atoms with E-state index in [4.69, 9.17) is 4.74 Å². The first-order chi connectivity index (χ1) is 12.2. The van der Waals surface area contributed by atoms with Crippen LogP contribution in [0.3, 0.4) is 0 Å². The van der Waals surface area contributed by atoms with Crippen LogP contribution in [0, 0.1) is 17.3 Å². The monoisotopic (exact) mass is 335 g/mol. The molecule has 2 aromatic rings. The van der Waals surface area contributed by atoms with Crippen LogP contribution in [0.1, 0.15) is 32.1 Å². The molecule has 3 heterocycles. The molecular formula is C22H25NO2. The van der Waals surface area contributed by atoms with Crippen LogP contribution in [0.5, 0.6) is 5.75 Å². The van der Waals surface area contributed by atoms with Gasteiger partial charge in [-0.3, -0.25) is 4.79 Å². The van der Waals surface area contributed by atoms with Crippen molar-refractivity contribution in [3.05, 3.63) is 42.5 Å². The van der Waals surface area contributed by atoms with Gasteiger partial charge in [0.05, 0.1) is 5.41 Å². The standard InChI is InChI=1S/C22H25NO2/c24-21(25-19-7-6-16-4-1-2-5-18(16)14-19)22(10-3-11-22)20-15-23-12-8-17(20)9-13-23/h1-2,4-7,14,17,20H,3,8-13,15H2. The maximum Gasteiger partial charge on any atom is 0.317 e. The summed E-state index contributed by atoms with van der Waals surface area (Å²) in [6.45, 7) is 3.53. The van der Waals surface area contributed by atoms with E-state index >= 15 is 0 Å². The molecule has 4 fully saturated rings. The molecule has 1 unspecified atom stereocenters. The molecule has 130 valence electrons. The summed E-state index contributed by atoms with van der Waals surface area (Å²) in [7, 11) is 0. The van der Waals surface area contributed by atoms with Crippen molar-refractivity contribution in [3.8, 4) is 5.75 Å². The normalized spacial score (nSPS) is 30.0. The molecule has 2 bridgehead atoms. The Morgan fingerprint density at radius 2 is 1.80 bits per heavy atom. The average molecular weight is 335 g/mol. The van der Waals surface area contributed by atoms with E-state index in [1.165, 1.54) is 31.3 Å². The fourth-order valence-electron chi connectivity index (χ4n) is 5.31. The van der Waals surface area contributed by atoms with Gasteiger partial charge in [-0.2, -0.15) is 0 Å². The Kier molecular flexibility index (Phi) is 3.60. The summed E-state index contributed by atoms with van der Waals surface area (Å²) in [6.07, 6.45) is 5.70. The van der Waals surface area contributed by atoms with Gasteiger partial charge in [-0.15, -0.1) is 0 Å². The number of carbonyl (C=O) groups is 1. The van der Waals surface area contributed by atoms with Crippen LogP contribution >= 0.6 is 0 Å². The second-order valence-corrected chi connectivity index (χ2v) is 8.15. The quantitative estimate of drug-likeness (QED) is 0.620. The van der Waals surface area contributed by atoms with Crippen LogP contribution in [-0.2, 0) is 4.79 Å². The maximum absolute atomic E-state index is 13.2. The summed E-state index contributed by atoms with van der Waals surface area (Å²) in [5, 5.41) is 2.30. The molecule has 0 spiro atoms. The van der Waals surface area contributed by atoms with Crippen LogP contribution in [0.15, 0.2) is 42.5 Å². The summed E-state index contributed by atoms with van der Waals surface area (Å²) >= 11 is 0. The molecule has 25 heavy (non-hydrogen) atoms. The Labute approximate surface area is 149 Å². The Morgan fingerprint density at radius 1 is 1.04 bits per heavy atom. The van der Waals surface area contributed by atoms with Gasteiger partial charge in [-0.25, -0.2) is 0 Å². The molecule has 1 aliphatic carbocycles. The van der Waals surface area contributed by atoms with Gasteiger partial charge in [0.2, 0.25) is 0 Å². The number of hydrogen-bond acceptors (Lipinski definition) is 3. The van der Waals surface area contributed by atoms with Crippen molar-refractivity contribution in [2.24, 2.45) is 17.3 Å². The molecular weight excluding hydrogens is 310 g/mol. The second kappa shape index (κ2) is 5.84. The predicted molar refractivity (Wildman–Crippen MR) is 98.5 cm³/mol. The van der Waals surface area contributed by atoms with E-state index in [-0.39, 0.29) is 11.4 Å². The fourth-order valence-corrected chi connectivity index (χ4v) is 5.31. The first kappa shape index (κ1) is 15.4. The Bertz CT molecular complexity index is 803. The predicted octanol–water partition coefficient (Wildman–Crippen LogP) is 4.26. The molecule has 3 nitrogen and oxygen atoms in total. The minimum atomic E-state index is -0.227. The molecule has 4 aliphatic rings. The number of ether oxygens (including phenoxy) is 1. The molecule has 3 aliphatic heterocycles. The molecule has 6 rings (SSSR count). The van der Waals surface area contributed by atoms with E-state index in [9.17, 15) is 4.79 Å². The molecule has 0 radical (unpaired) electrons. The summed E-state index contributed by atoms with van der Waals surface area (Å²) in [6, 6.07) is 14.2. The highest BCUT2D eigenvalue weighted by atomic mass is 16.5. The zero-order valence-electron chi connectivity index (χ0n) is 14.6. The molecule has 3 saturated heterocycles. The number of esters is 1. The van der Waals surface area contributed by atoms with E-state index in [2.05, 4.69) is 17.0 Å². The maximum atomic E-state index is 13.2. The summed E-state index contributed by atoms with van der Waals surface area (Å²) < 4.78 is 5.93. The summed E-state index contributed by atoms with van der Waals surface area (Å²) in [5.41, 5.74) is -0.227. The van der Waals surface area contributed by atoms with E-state index in [1.807, 2.05) is 30.3 Å². The number of piperidine rings is 3. The highest BCUT2D eigenvalue weighted by molar-refractivity contribution is 5.86. The summed E-state index contributed by atoms with van der Waals surface area (Å²) in [4.78, 5) is 15.7. The van der Waals surface area contributed by atoms with E-state index in [0.29, 0.717) is 11.7 Å². The largest absolute Gasteiger partial charge is 0.426 e. The SMILES string of the molecule is O=C(Oc1ccc2ccccc2c1)C1(C2CN3CCC2CC3)CCC1. The first-order valence-corrected chi connectivity index (χ1v) is 9.68. The van der Waals surface area contributed by atoms with Gasteiger partial charge in [0.25, 0.3) is 0 Å². The highest BCUT2D eigenvalue weighted by Crippen LogP contribution is 2.54. The fraction of sp³-hybridized carbons (Fsp3) is 0.500.